The first-order valence-electron chi connectivity index (χ1n) is 5.30. The molecule has 5 nitrogen and oxygen atoms in total. The molecule has 0 saturated heterocycles. The molecule has 0 fully saturated rings. The summed E-state index contributed by atoms with van der Waals surface area (Å²) in [5.74, 6) is -1.01. The van der Waals surface area contributed by atoms with Crippen molar-refractivity contribution in [3.63, 3.8) is 0 Å². The number of nitrogens with one attached hydrogen (secondary N) is 2. The first-order valence-corrected chi connectivity index (χ1v) is 5.30. The van der Waals surface area contributed by atoms with E-state index in [1.807, 2.05) is 20.8 Å². The quantitative estimate of drug-likeness (QED) is 0.646. The van der Waals surface area contributed by atoms with Crippen LogP contribution in [-0.2, 0) is 9.59 Å². The Labute approximate surface area is 96.6 Å². The number of rotatable bonds is 5. The predicted octanol–water partition coefficient (Wildman–Crippen LogP) is 0.601. The van der Waals surface area contributed by atoms with Gasteiger partial charge in [-0.15, -0.1) is 0 Å². The summed E-state index contributed by atoms with van der Waals surface area (Å²) < 4.78 is 0. The van der Waals surface area contributed by atoms with E-state index >= 15 is 0 Å². The third kappa shape index (κ3) is 6.40. The summed E-state index contributed by atoms with van der Waals surface area (Å²) in [5, 5.41) is 14.5. The molecule has 16 heavy (non-hydrogen) atoms. The molecule has 0 rings (SSSR count). The molecule has 0 aliphatic carbocycles. The lowest BCUT2D eigenvalue weighted by atomic mass is 9.94. The smallest absolute Gasteiger partial charge is 0.310 e. The third-order valence-electron chi connectivity index (χ3n) is 1.95. The average Bonchev–Trinajstić information content (AvgIpc) is 1.99. The second-order valence-electron chi connectivity index (χ2n) is 5.59. The van der Waals surface area contributed by atoms with Crippen LogP contribution in [0.1, 0.15) is 34.6 Å². The number of aliphatic carboxylic acids is 1. The van der Waals surface area contributed by atoms with Gasteiger partial charge in [-0.05, 0) is 34.6 Å². The van der Waals surface area contributed by atoms with E-state index in [2.05, 4.69) is 10.6 Å². The number of carbonyl (C=O) groups excluding carboxylic acids is 1. The summed E-state index contributed by atoms with van der Waals surface area (Å²) in [6, 6.07) is 0. The summed E-state index contributed by atoms with van der Waals surface area (Å²) in [6.07, 6.45) is 0. The highest BCUT2D eigenvalue weighted by Crippen LogP contribution is 2.12. The summed E-state index contributed by atoms with van der Waals surface area (Å²) in [5.41, 5.74) is -1.12. The number of carboxylic acid groups (broad SMARTS) is 1. The van der Waals surface area contributed by atoms with Crippen molar-refractivity contribution in [2.45, 2.75) is 40.2 Å². The SMILES string of the molecule is CC(C)(C)NC(=O)CNCC(C)(C)C(=O)O. The molecule has 0 aromatic carbocycles. The Balaban J connectivity index is 3.92. The van der Waals surface area contributed by atoms with E-state index in [1.165, 1.54) is 0 Å². The maximum absolute atomic E-state index is 11.4. The summed E-state index contributed by atoms with van der Waals surface area (Å²) in [6.45, 7) is 9.31. The van der Waals surface area contributed by atoms with Crippen LogP contribution in [0.15, 0.2) is 0 Å². The van der Waals surface area contributed by atoms with Crippen LogP contribution in [0.25, 0.3) is 0 Å². The van der Waals surface area contributed by atoms with Gasteiger partial charge in [0.15, 0.2) is 0 Å². The summed E-state index contributed by atoms with van der Waals surface area (Å²) >= 11 is 0. The number of carbonyl (C=O) groups is 2. The fraction of sp³-hybridized carbons (Fsp3) is 0.818. The standard InChI is InChI=1S/C11H22N2O3/c1-10(2,3)13-8(14)6-12-7-11(4,5)9(15)16/h12H,6-7H2,1-5H3,(H,13,14)(H,15,16). The van der Waals surface area contributed by atoms with Gasteiger partial charge in [0.1, 0.15) is 0 Å². The highest BCUT2D eigenvalue weighted by Gasteiger charge is 2.26. The Morgan fingerprint density at radius 1 is 1.12 bits per heavy atom. The lowest BCUT2D eigenvalue weighted by molar-refractivity contribution is -0.146. The Bertz CT molecular complexity index is 267. The highest BCUT2D eigenvalue weighted by atomic mass is 16.4. The van der Waals surface area contributed by atoms with E-state index in [0.717, 1.165) is 0 Å². The van der Waals surface area contributed by atoms with E-state index in [-0.39, 0.29) is 24.5 Å². The van der Waals surface area contributed by atoms with Crippen molar-refractivity contribution in [1.82, 2.24) is 10.6 Å². The van der Waals surface area contributed by atoms with Gasteiger partial charge in [0.05, 0.1) is 12.0 Å². The maximum atomic E-state index is 11.4. The molecule has 0 saturated carbocycles. The molecule has 0 aliphatic rings. The van der Waals surface area contributed by atoms with Gasteiger partial charge < -0.3 is 15.7 Å². The zero-order valence-corrected chi connectivity index (χ0v) is 10.7. The van der Waals surface area contributed by atoms with Crippen molar-refractivity contribution in [2.75, 3.05) is 13.1 Å². The van der Waals surface area contributed by atoms with Crippen LogP contribution in [0.2, 0.25) is 0 Å². The fourth-order valence-electron chi connectivity index (χ4n) is 1.03. The van der Waals surface area contributed by atoms with Gasteiger partial charge in [-0.2, -0.15) is 0 Å². The molecule has 0 heterocycles. The Hall–Kier alpha value is -1.10. The predicted molar refractivity (Wildman–Crippen MR) is 62.2 cm³/mol. The van der Waals surface area contributed by atoms with Crippen LogP contribution in [0.5, 0.6) is 0 Å². The normalized spacial score (nSPS) is 12.3. The molecular weight excluding hydrogens is 208 g/mol. The molecule has 3 N–H and O–H groups in total. The molecule has 0 bridgehead atoms. The van der Waals surface area contributed by atoms with Gasteiger partial charge in [-0.3, -0.25) is 9.59 Å². The molecule has 1 amide bonds. The van der Waals surface area contributed by atoms with Crippen molar-refractivity contribution >= 4 is 11.9 Å². The zero-order valence-electron chi connectivity index (χ0n) is 10.7. The largest absolute Gasteiger partial charge is 0.481 e. The molecule has 0 spiro atoms. The molecule has 0 aromatic heterocycles. The zero-order chi connectivity index (χ0) is 13.0. The molecule has 94 valence electrons. The summed E-state index contributed by atoms with van der Waals surface area (Å²) in [7, 11) is 0. The van der Waals surface area contributed by atoms with Crippen molar-refractivity contribution in [3.8, 4) is 0 Å². The van der Waals surface area contributed by atoms with Crippen molar-refractivity contribution < 1.29 is 14.7 Å². The molecule has 0 atom stereocenters. The highest BCUT2D eigenvalue weighted by molar-refractivity contribution is 5.79. The van der Waals surface area contributed by atoms with E-state index in [4.69, 9.17) is 5.11 Å². The second kappa shape index (κ2) is 5.30. The lowest BCUT2D eigenvalue weighted by Gasteiger charge is -2.22. The molecule has 0 aromatic rings. The number of hydrogen-bond acceptors (Lipinski definition) is 3. The van der Waals surface area contributed by atoms with E-state index < -0.39 is 11.4 Å². The van der Waals surface area contributed by atoms with Crippen molar-refractivity contribution in [2.24, 2.45) is 5.41 Å². The van der Waals surface area contributed by atoms with Gasteiger partial charge in [0.2, 0.25) is 5.91 Å². The van der Waals surface area contributed by atoms with Crippen LogP contribution in [0, 0.1) is 5.41 Å². The monoisotopic (exact) mass is 230 g/mol. The van der Waals surface area contributed by atoms with Crippen molar-refractivity contribution in [3.05, 3.63) is 0 Å². The Kier molecular flexibility index (Phi) is 4.93. The van der Waals surface area contributed by atoms with Gasteiger partial charge in [0, 0.05) is 12.1 Å². The fourth-order valence-corrected chi connectivity index (χ4v) is 1.03. The van der Waals surface area contributed by atoms with E-state index in [1.54, 1.807) is 13.8 Å². The number of carboxylic acids is 1. The van der Waals surface area contributed by atoms with Crippen LogP contribution < -0.4 is 10.6 Å². The van der Waals surface area contributed by atoms with E-state index in [0.29, 0.717) is 0 Å². The average molecular weight is 230 g/mol. The third-order valence-corrected chi connectivity index (χ3v) is 1.95. The van der Waals surface area contributed by atoms with Crippen LogP contribution in [0.3, 0.4) is 0 Å². The topological polar surface area (TPSA) is 78.4 Å². The second-order valence-corrected chi connectivity index (χ2v) is 5.59. The summed E-state index contributed by atoms with van der Waals surface area (Å²) in [4.78, 5) is 22.2. The maximum Gasteiger partial charge on any atom is 0.310 e. The van der Waals surface area contributed by atoms with Crippen molar-refractivity contribution in [1.29, 1.82) is 0 Å². The molecule has 0 radical (unpaired) electrons. The first-order chi connectivity index (χ1) is 7.04. The van der Waals surface area contributed by atoms with Crippen LogP contribution >= 0.6 is 0 Å². The Morgan fingerprint density at radius 2 is 1.62 bits per heavy atom. The molecule has 5 heteroatoms. The molecule has 0 aliphatic heterocycles. The molecular formula is C11H22N2O3. The van der Waals surface area contributed by atoms with Gasteiger partial charge in [-0.25, -0.2) is 0 Å². The minimum Gasteiger partial charge on any atom is -0.481 e. The molecule has 0 unspecified atom stereocenters. The first kappa shape index (κ1) is 14.9. The van der Waals surface area contributed by atoms with Crippen LogP contribution in [0.4, 0.5) is 0 Å². The van der Waals surface area contributed by atoms with E-state index in [9.17, 15) is 9.59 Å². The lowest BCUT2D eigenvalue weighted by Crippen LogP contribution is -2.46. The Morgan fingerprint density at radius 3 is 2.00 bits per heavy atom. The van der Waals surface area contributed by atoms with Gasteiger partial charge >= 0.3 is 5.97 Å². The minimum absolute atomic E-state index is 0.131. The number of amides is 1. The van der Waals surface area contributed by atoms with Gasteiger partial charge in [0.25, 0.3) is 0 Å². The van der Waals surface area contributed by atoms with Gasteiger partial charge in [-0.1, -0.05) is 0 Å². The van der Waals surface area contributed by atoms with Crippen LogP contribution in [-0.4, -0.2) is 35.6 Å². The minimum atomic E-state index is -0.878. The number of hydrogen-bond donors (Lipinski definition) is 3.